The third kappa shape index (κ3) is 3.57. The molecular formula is C25H23FN2O4. The van der Waals surface area contributed by atoms with Crippen LogP contribution >= 0.6 is 0 Å². The summed E-state index contributed by atoms with van der Waals surface area (Å²) < 4.78 is 24.9. The second kappa shape index (κ2) is 8.22. The summed E-state index contributed by atoms with van der Waals surface area (Å²) in [6.45, 7) is 2.49. The quantitative estimate of drug-likeness (QED) is 0.376. The van der Waals surface area contributed by atoms with Gasteiger partial charge < -0.3 is 9.47 Å². The summed E-state index contributed by atoms with van der Waals surface area (Å²) in [7, 11) is 0. The number of ether oxygens (including phenoxy) is 2. The molecule has 3 aliphatic rings. The molecule has 1 saturated heterocycles. The van der Waals surface area contributed by atoms with E-state index in [0.29, 0.717) is 29.2 Å². The summed E-state index contributed by atoms with van der Waals surface area (Å²) in [5.74, 6) is 0.0359. The van der Waals surface area contributed by atoms with Crippen molar-refractivity contribution < 1.29 is 23.5 Å². The monoisotopic (exact) mass is 434 g/mol. The molecule has 1 aliphatic heterocycles. The van der Waals surface area contributed by atoms with Gasteiger partial charge in [-0.05, 0) is 66.6 Å². The predicted molar refractivity (Wildman–Crippen MR) is 116 cm³/mol. The van der Waals surface area contributed by atoms with Crippen molar-refractivity contribution in [3.63, 3.8) is 0 Å². The van der Waals surface area contributed by atoms with Crippen molar-refractivity contribution in [3.8, 4) is 11.5 Å². The van der Waals surface area contributed by atoms with Crippen molar-refractivity contribution in [2.24, 2.45) is 28.8 Å². The first-order valence-corrected chi connectivity index (χ1v) is 10.8. The number of amides is 2. The van der Waals surface area contributed by atoms with Crippen molar-refractivity contribution in [2.75, 3.05) is 6.61 Å². The van der Waals surface area contributed by atoms with Crippen LogP contribution in [-0.2, 0) is 16.2 Å². The van der Waals surface area contributed by atoms with Gasteiger partial charge in [-0.1, -0.05) is 24.3 Å². The lowest BCUT2D eigenvalue weighted by Crippen LogP contribution is -2.28. The summed E-state index contributed by atoms with van der Waals surface area (Å²) >= 11 is 0. The largest absolute Gasteiger partial charge is 0.490 e. The summed E-state index contributed by atoms with van der Waals surface area (Å²) in [4.78, 5) is 25.5. The maximum atomic E-state index is 13.4. The molecule has 2 fully saturated rings. The molecule has 2 aromatic rings. The summed E-state index contributed by atoms with van der Waals surface area (Å²) in [6, 6.07) is 11.5. The first kappa shape index (κ1) is 20.4. The molecule has 2 bridgehead atoms. The number of allylic oxidation sites excluding steroid dienone is 2. The maximum absolute atomic E-state index is 13.4. The van der Waals surface area contributed by atoms with Crippen LogP contribution < -0.4 is 9.47 Å². The Morgan fingerprint density at radius 3 is 2.47 bits per heavy atom. The molecule has 7 heteroatoms. The highest BCUT2D eigenvalue weighted by molar-refractivity contribution is 6.06. The minimum absolute atomic E-state index is 0.153. The number of carbonyl (C=O) groups excluding carboxylic acids is 2. The van der Waals surface area contributed by atoms with Gasteiger partial charge in [-0.3, -0.25) is 9.59 Å². The van der Waals surface area contributed by atoms with Crippen LogP contribution in [0.1, 0.15) is 24.5 Å². The minimum Gasteiger partial charge on any atom is -0.490 e. The number of rotatable bonds is 7. The number of halogens is 1. The van der Waals surface area contributed by atoms with E-state index in [1.807, 2.05) is 6.92 Å². The van der Waals surface area contributed by atoms with Gasteiger partial charge >= 0.3 is 0 Å². The number of fused-ring (bicyclic) bond motifs is 5. The minimum atomic E-state index is -0.318. The molecule has 5 rings (SSSR count). The lowest BCUT2D eigenvalue weighted by atomic mass is 9.85. The number of carbonyl (C=O) groups is 2. The van der Waals surface area contributed by atoms with Crippen molar-refractivity contribution >= 4 is 18.0 Å². The van der Waals surface area contributed by atoms with Gasteiger partial charge in [0.25, 0.3) is 11.8 Å². The molecule has 0 N–H and O–H groups in total. The van der Waals surface area contributed by atoms with Crippen molar-refractivity contribution in [2.45, 2.75) is 20.0 Å². The Kier molecular flexibility index (Phi) is 5.25. The average Bonchev–Trinajstić information content (AvgIpc) is 3.46. The van der Waals surface area contributed by atoms with Gasteiger partial charge in [0, 0.05) is 0 Å². The van der Waals surface area contributed by atoms with E-state index >= 15 is 0 Å². The highest BCUT2D eigenvalue weighted by Crippen LogP contribution is 2.52. The number of benzene rings is 2. The highest BCUT2D eigenvalue weighted by Gasteiger charge is 2.59. The van der Waals surface area contributed by atoms with Gasteiger partial charge in [0.15, 0.2) is 11.5 Å². The van der Waals surface area contributed by atoms with Crippen molar-refractivity contribution in [3.05, 3.63) is 71.6 Å². The second-order valence-electron chi connectivity index (χ2n) is 8.29. The molecule has 6 nitrogen and oxygen atoms in total. The summed E-state index contributed by atoms with van der Waals surface area (Å²) in [5.41, 5.74) is 1.38. The highest BCUT2D eigenvalue weighted by atomic mass is 19.1. The van der Waals surface area contributed by atoms with E-state index in [1.54, 1.807) is 30.3 Å². The molecule has 1 heterocycles. The van der Waals surface area contributed by atoms with Gasteiger partial charge in [-0.2, -0.15) is 10.1 Å². The van der Waals surface area contributed by atoms with Crippen molar-refractivity contribution in [1.29, 1.82) is 0 Å². The fourth-order valence-electron chi connectivity index (χ4n) is 4.91. The third-order valence-corrected chi connectivity index (χ3v) is 6.32. The van der Waals surface area contributed by atoms with Gasteiger partial charge in [-0.25, -0.2) is 4.39 Å². The van der Waals surface area contributed by atoms with Crippen LogP contribution in [0.5, 0.6) is 11.5 Å². The topological polar surface area (TPSA) is 68.2 Å². The Morgan fingerprint density at radius 2 is 1.78 bits per heavy atom. The van der Waals surface area contributed by atoms with E-state index in [0.717, 1.165) is 11.4 Å². The zero-order chi connectivity index (χ0) is 22.2. The van der Waals surface area contributed by atoms with Crippen LogP contribution in [0.3, 0.4) is 0 Å². The molecule has 2 aliphatic carbocycles. The SMILES string of the molecule is CCOc1cc(C=NN2C(=O)[C@@H]3[C@H](C2=O)[C@H]2C=C[C@H]3C2)ccc1OCc1cccc(F)c1. The Balaban J connectivity index is 1.31. The predicted octanol–water partition coefficient (Wildman–Crippen LogP) is 3.94. The van der Waals surface area contributed by atoms with Crippen LogP contribution in [-0.4, -0.2) is 29.6 Å². The number of nitrogens with zero attached hydrogens (tertiary/aromatic N) is 2. The smallest absolute Gasteiger partial charge is 0.254 e. The molecular weight excluding hydrogens is 411 g/mol. The molecule has 1 saturated carbocycles. The fraction of sp³-hybridized carbons (Fsp3) is 0.320. The Morgan fingerprint density at radius 1 is 1.03 bits per heavy atom. The van der Waals surface area contributed by atoms with E-state index in [4.69, 9.17) is 9.47 Å². The number of hydrogen-bond acceptors (Lipinski definition) is 5. The van der Waals surface area contributed by atoms with Gasteiger partial charge in [0.1, 0.15) is 12.4 Å². The van der Waals surface area contributed by atoms with Crippen LogP contribution in [0.15, 0.2) is 59.7 Å². The molecule has 164 valence electrons. The van der Waals surface area contributed by atoms with E-state index in [9.17, 15) is 14.0 Å². The average molecular weight is 434 g/mol. The van der Waals surface area contributed by atoms with Crippen LogP contribution in [0, 0.1) is 29.5 Å². The Labute approximate surface area is 185 Å². The molecule has 4 atom stereocenters. The molecule has 0 spiro atoms. The standard InChI is InChI=1S/C25H23FN2O4/c1-2-31-21-11-15(6-9-20(21)32-14-16-4-3-5-19(26)10-16)13-27-28-24(29)22-17-7-8-18(12-17)23(22)25(28)30/h3-11,13,17-18,22-23H,2,12,14H2,1H3/t17-,18-,22-,23+/m0/s1. The maximum Gasteiger partial charge on any atom is 0.254 e. The zero-order valence-electron chi connectivity index (χ0n) is 17.6. The molecule has 32 heavy (non-hydrogen) atoms. The lowest BCUT2D eigenvalue weighted by Gasteiger charge is -2.13. The summed E-state index contributed by atoms with van der Waals surface area (Å²) in [5, 5.41) is 5.24. The van der Waals surface area contributed by atoms with Crippen molar-refractivity contribution in [1.82, 2.24) is 5.01 Å². The van der Waals surface area contributed by atoms with E-state index in [1.165, 1.54) is 18.3 Å². The van der Waals surface area contributed by atoms with Gasteiger partial charge in [0.05, 0.1) is 24.7 Å². The molecule has 2 aromatic carbocycles. The van der Waals surface area contributed by atoms with E-state index < -0.39 is 0 Å². The number of hydrogen-bond donors (Lipinski definition) is 0. The first-order valence-electron chi connectivity index (χ1n) is 10.8. The number of hydrazone groups is 1. The molecule has 0 unspecified atom stereocenters. The second-order valence-corrected chi connectivity index (χ2v) is 8.29. The van der Waals surface area contributed by atoms with Crippen LogP contribution in [0.4, 0.5) is 4.39 Å². The normalized spacial score (nSPS) is 25.8. The molecule has 2 amide bonds. The Hall–Kier alpha value is -3.48. The molecule has 0 aromatic heterocycles. The van der Waals surface area contributed by atoms with Crippen LogP contribution in [0.2, 0.25) is 0 Å². The third-order valence-electron chi connectivity index (χ3n) is 6.32. The lowest BCUT2D eigenvalue weighted by molar-refractivity contribution is -0.140. The fourth-order valence-corrected chi connectivity index (χ4v) is 4.91. The Bertz CT molecular complexity index is 1100. The van der Waals surface area contributed by atoms with Crippen LogP contribution in [0.25, 0.3) is 0 Å². The first-order chi connectivity index (χ1) is 15.5. The van der Waals surface area contributed by atoms with E-state index in [-0.39, 0.29) is 47.9 Å². The van der Waals surface area contributed by atoms with Gasteiger partial charge in [-0.15, -0.1) is 0 Å². The van der Waals surface area contributed by atoms with E-state index in [2.05, 4.69) is 17.3 Å². The number of imide groups is 1. The molecule has 0 radical (unpaired) electrons. The zero-order valence-corrected chi connectivity index (χ0v) is 17.6. The summed E-state index contributed by atoms with van der Waals surface area (Å²) in [6.07, 6.45) is 6.49. The van der Waals surface area contributed by atoms with Gasteiger partial charge in [0.2, 0.25) is 0 Å².